The first-order valence-corrected chi connectivity index (χ1v) is 9.56. The maximum Gasteiger partial charge on any atom is 0.171 e. The van der Waals surface area contributed by atoms with Gasteiger partial charge >= 0.3 is 0 Å². The van der Waals surface area contributed by atoms with E-state index in [9.17, 15) is 5.11 Å². The Kier molecular flexibility index (Phi) is 6.05. The standard InChI is InChI=1S/C22H31N3OS/c1-21(2,3)17-11-16(12-18(19(17)26)22(4,5)6)25-20(27)24-13-14-7-9-15(23)10-8-14/h7-12,26H,13,23H2,1-6H3,(H2,24,25,27). The lowest BCUT2D eigenvalue weighted by Crippen LogP contribution is -2.28. The second kappa shape index (κ2) is 7.77. The molecule has 2 aromatic carbocycles. The van der Waals surface area contributed by atoms with Gasteiger partial charge in [0.15, 0.2) is 5.11 Å². The van der Waals surface area contributed by atoms with Gasteiger partial charge in [-0.2, -0.15) is 0 Å². The third-order valence-corrected chi connectivity index (χ3v) is 4.66. The van der Waals surface area contributed by atoms with Gasteiger partial charge in [-0.3, -0.25) is 0 Å². The zero-order valence-electron chi connectivity index (χ0n) is 17.1. The van der Waals surface area contributed by atoms with Crippen LogP contribution in [0, 0.1) is 0 Å². The highest BCUT2D eigenvalue weighted by Gasteiger charge is 2.26. The zero-order chi connectivity index (χ0) is 20.4. The van der Waals surface area contributed by atoms with E-state index < -0.39 is 0 Å². The number of hydrogen-bond donors (Lipinski definition) is 4. The van der Waals surface area contributed by atoms with E-state index in [1.54, 1.807) is 0 Å². The van der Waals surface area contributed by atoms with Crippen LogP contribution in [0.5, 0.6) is 5.75 Å². The van der Waals surface area contributed by atoms with Crippen LogP contribution in [0.25, 0.3) is 0 Å². The van der Waals surface area contributed by atoms with Gasteiger partial charge in [0.2, 0.25) is 0 Å². The Balaban J connectivity index is 2.21. The summed E-state index contributed by atoms with van der Waals surface area (Å²) in [5.41, 5.74) is 9.88. The van der Waals surface area contributed by atoms with Crippen molar-refractivity contribution in [3.63, 3.8) is 0 Å². The van der Waals surface area contributed by atoms with Crippen molar-refractivity contribution in [1.29, 1.82) is 0 Å². The van der Waals surface area contributed by atoms with Gasteiger partial charge in [-0.05, 0) is 52.9 Å². The number of thiocarbonyl (C=S) groups is 1. The Morgan fingerprint density at radius 2 is 1.44 bits per heavy atom. The maximum atomic E-state index is 10.8. The van der Waals surface area contributed by atoms with Crippen molar-refractivity contribution in [2.75, 3.05) is 11.1 Å². The first kappa shape index (κ1) is 21.0. The normalized spacial score (nSPS) is 11.9. The summed E-state index contributed by atoms with van der Waals surface area (Å²) in [7, 11) is 0. The maximum absolute atomic E-state index is 10.8. The number of hydrogen-bond acceptors (Lipinski definition) is 3. The van der Waals surface area contributed by atoms with Crippen LogP contribution in [-0.2, 0) is 17.4 Å². The minimum Gasteiger partial charge on any atom is -0.507 e. The lowest BCUT2D eigenvalue weighted by molar-refractivity contribution is 0.423. The molecule has 2 aromatic rings. The molecule has 146 valence electrons. The van der Waals surface area contributed by atoms with Crippen molar-refractivity contribution in [2.24, 2.45) is 0 Å². The highest BCUT2D eigenvalue weighted by Crippen LogP contribution is 2.41. The topological polar surface area (TPSA) is 70.3 Å². The number of nitrogens with one attached hydrogen (secondary N) is 2. The van der Waals surface area contributed by atoms with Crippen LogP contribution in [0.2, 0.25) is 0 Å². The molecular formula is C22H31N3OS. The Bertz CT molecular complexity index is 780. The molecular weight excluding hydrogens is 354 g/mol. The molecule has 5 heteroatoms. The van der Waals surface area contributed by atoms with E-state index >= 15 is 0 Å². The minimum absolute atomic E-state index is 0.180. The molecule has 0 aliphatic carbocycles. The van der Waals surface area contributed by atoms with Crippen molar-refractivity contribution < 1.29 is 5.11 Å². The molecule has 27 heavy (non-hydrogen) atoms. The van der Waals surface area contributed by atoms with Gasteiger partial charge in [0.25, 0.3) is 0 Å². The second-order valence-electron chi connectivity index (χ2n) is 8.97. The van der Waals surface area contributed by atoms with Crippen LogP contribution < -0.4 is 16.4 Å². The lowest BCUT2D eigenvalue weighted by atomic mass is 9.79. The van der Waals surface area contributed by atoms with E-state index in [0.29, 0.717) is 17.4 Å². The third-order valence-electron chi connectivity index (χ3n) is 4.42. The van der Waals surface area contributed by atoms with Gasteiger partial charge in [-0.1, -0.05) is 53.7 Å². The van der Waals surface area contributed by atoms with Gasteiger partial charge in [-0.25, -0.2) is 0 Å². The van der Waals surface area contributed by atoms with Gasteiger partial charge in [-0.15, -0.1) is 0 Å². The van der Waals surface area contributed by atoms with Gasteiger partial charge < -0.3 is 21.5 Å². The molecule has 0 saturated heterocycles. The summed E-state index contributed by atoms with van der Waals surface area (Å²) >= 11 is 5.46. The van der Waals surface area contributed by atoms with E-state index in [0.717, 1.165) is 28.1 Å². The Morgan fingerprint density at radius 1 is 0.963 bits per heavy atom. The number of benzene rings is 2. The molecule has 0 amide bonds. The van der Waals surface area contributed by atoms with E-state index in [4.69, 9.17) is 18.0 Å². The highest BCUT2D eigenvalue weighted by molar-refractivity contribution is 7.80. The fraction of sp³-hybridized carbons (Fsp3) is 0.409. The molecule has 4 nitrogen and oxygen atoms in total. The summed E-state index contributed by atoms with van der Waals surface area (Å²) in [6, 6.07) is 11.6. The summed E-state index contributed by atoms with van der Waals surface area (Å²) < 4.78 is 0. The average Bonchev–Trinajstić information content (AvgIpc) is 2.53. The summed E-state index contributed by atoms with van der Waals surface area (Å²) in [6.45, 7) is 13.2. The highest BCUT2D eigenvalue weighted by atomic mass is 32.1. The number of phenolic OH excluding ortho intramolecular Hbond substituents is 1. The van der Waals surface area contributed by atoms with E-state index in [1.165, 1.54) is 0 Å². The number of anilines is 2. The van der Waals surface area contributed by atoms with Crippen LogP contribution in [0.1, 0.15) is 58.2 Å². The van der Waals surface area contributed by atoms with Gasteiger partial charge in [0.05, 0.1) is 0 Å². The molecule has 5 N–H and O–H groups in total. The molecule has 0 bridgehead atoms. The Morgan fingerprint density at radius 3 is 1.89 bits per heavy atom. The average molecular weight is 386 g/mol. The van der Waals surface area contributed by atoms with Crippen LogP contribution >= 0.6 is 12.2 Å². The SMILES string of the molecule is CC(C)(C)c1cc(NC(=S)NCc2ccc(N)cc2)cc(C(C)(C)C)c1O. The first-order valence-electron chi connectivity index (χ1n) is 9.15. The van der Waals surface area contributed by atoms with Crippen molar-refractivity contribution in [2.45, 2.75) is 58.9 Å². The fourth-order valence-electron chi connectivity index (χ4n) is 2.84. The lowest BCUT2D eigenvalue weighted by Gasteiger charge is -2.28. The van der Waals surface area contributed by atoms with Gasteiger partial charge in [0.1, 0.15) is 5.75 Å². The number of nitrogens with two attached hydrogens (primary N) is 1. The molecule has 0 aliphatic rings. The summed E-state index contributed by atoms with van der Waals surface area (Å²) in [6.07, 6.45) is 0. The molecule has 0 spiro atoms. The summed E-state index contributed by atoms with van der Waals surface area (Å²) in [4.78, 5) is 0. The first-order chi connectivity index (χ1) is 12.4. The largest absolute Gasteiger partial charge is 0.507 e. The molecule has 0 fully saturated rings. The second-order valence-corrected chi connectivity index (χ2v) is 9.38. The molecule has 0 atom stereocenters. The van der Waals surface area contributed by atoms with Crippen LogP contribution in [0.15, 0.2) is 36.4 Å². The summed E-state index contributed by atoms with van der Waals surface area (Å²) in [5, 5.41) is 17.8. The molecule has 0 radical (unpaired) electrons. The Hall–Kier alpha value is -2.27. The smallest absolute Gasteiger partial charge is 0.171 e. The minimum atomic E-state index is -0.180. The van der Waals surface area contributed by atoms with Crippen LogP contribution in [-0.4, -0.2) is 10.2 Å². The monoisotopic (exact) mass is 385 g/mol. The molecule has 2 rings (SSSR count). The van der Waals surface area contributed by atoms with Crippen molar-refractivity contribution >= 4 is 28.7 Å². The molecule has 0 aromatic heterocycles. The fourth-order valence-corrected chi connectivity index (χ4v) is 3.03. The van der Waals surface area contributed by atoms with Crippen molar-refractivity contribution in [3.05, 3.63) is 53.1 Å². The quantitative estimate of drug-likeness (QED) is 0.338. The Labute approximate surface area is 168 Å². The molecule has 0 unspecified atom stereocenters. The molecule has 0 heterocycles. The number of aromatic hydroxyl groups is 1. The predicted molar refractivity (Wildman–Crippen MR) is 119 cm³/mol. The van der Waals surface area contributed by atoms with E-state index in [-0.39, 0.29) is 10.8 Å². The summed E-state index contributed by atoms with van der Waals surface area (Å²) in [5.74, 6) is 0.362. The third kappa shape index (κ3) is 5.60. The number of nitrogen functional groups attached to an aromatic ring is 1. The van der Waals surface area contributed by atoms with Crippen molar-refractivity contribution in [1.82, 2.24) is 5.32 Å². The van der Waals surface area contributed by atoms with E-state index in [2.05, 4.69) is 52.2 Å². The van der Waals surface area contributed by atoms with Gasteiger partial charge in [0, 0.05) is 29.0 Å². The molecule has 0 aliphatic heterocycles. The predicted octanol–water partition coefficient (Wildman–Crippen LogP) is 5.06. The van der Waals surface area contributed by atoms with E-state index in [1.807, 2.05) is 36.4 Å². The number of phenols is 1. The van der Waals surface area contributed by atoms with Crippen LogP contribution in [0.3, 0.4) is 0 Å². The molecule has 0 saturated carbocycles. The zero-order valence-corrected chi connectivity index (χ0v) is 17.9. The van der Waals surface area contributed by atoms with Crippen molar-refractivity contribution in [3.8, 4) is 5.75 Å². The van der Waals surface area contributed by atoms with Crippen LogP contribution in [0.4, 0.5) is 11.4 Å². The number of rotatable bonds is 3.